The zero-order valence-electron chi connectivity index (χ0n) is 58.5. The van der Waals surface area contributed by atoms with Crippen LogP contribution in [0, 0.1) is 41.5 Å². The van der Waals surface area contributed by atoms with Crippen molar-refractivity contribution in [2.75, 3.05) is 0 Å². The number of pyridine rings is 2. The standard InChI is InChI=1S/2C14H13N.2C10H8.2C7H9N.2C6H6.6C2H6/c1-10-6-5-8-12-11-7-3-4-9-13(11)15(2)14(10)12;1-10-6-5-9-13-14(10)11-7-3-4-8-12(11)15(13)2;2*1-2-6-10-8-4-3-7-9(10)5-1;1-6-4-3-5-8-7(6)2;1-6-4-3-5-7(2)8-6;2*1-2-4-6-5-3-1;6*1-2/h2*3-9H,1-2H3;2*1-8H;2*3-5H,1-2H3;2*1-6H;6*1-2H3. The number of fused-ring (bicyclic) bond motifs is 8. The first-order valence-corrected chi connectivity index (χ1v) is 32.6. The van der Waals surface area contributed by atoms with Gasteiger partial charge in [0.15, 0.2) is 0 Å². The van der Waals surface area contributed by atoms with E-state index in [2.05, 4.69) is 242 Å². The Morgan fingerprint density at radius 3 is 0.900 bits per heavy atom. The van der Waals surface area contributed by atoms with Crippen LogP contribution >= 0.6 is 0 Å². The van der Waals surface area contributed by atoms with Crippen LogP contribution in [0.2, 0.25) is 0 Å². The molecule has 472 valence electrons. The van der Waals surface area contributed by atoms with E-state index in [1.165, 1.54) is 81.8 Å². The summed E-state index contributed by atoms with van der Waals surface area (Å²) in [5.74, 6) is 0. The van der Waals surface area contributed by atoms with Gasteiger partial charge in [0.2, 0.25) is 0 Å². The Morgan fingerprint density at radius 1 is 0.244 bits per heavy atom. The molecule has 0 fully saturated rings. The first-order chi connectivity index (χ1) is 44.1. The van der Waals surface area contributed by atoms with Gasteiger partial charge >= 0.3 is 0 Å². The average molecular weight is 1200 g/mol. The molecule has 4 heteroatoms. The van der Waals surface area contributed by atoms with Crippen LogP contribution in [0.4, 0.5) is 0 Å². The molecule has 0 aliphatic carbocycles. The maximum atomic E-state index is 4.17. The minimum atomic E-state index is 1.09. The monoisotopic (exact) mass is 1200 g/mol. The number of aryl methyl sites for hydroxylation is 8. The Bertz CT molecular complexity index is 3690. The molecule has 4 aromatic heterocycles. The highest BCUT2D eigenvalue weighted by atomic mass is 14.9. The number of benzene rings is 10. The third kappa shape index (κ3) is 26.5. The van der Waals surface area contributed by atoms with E-state index in [0.717, 1.165) is 17.1 Å². The van der Waals surface area contributed by atoms with Crippen LogP contribution in [-0.2, 0) is 14.1 Å². The molecule has 0 saturated carbocycles. The highest BCUT2D eigenvalue weighted by Gasteiger charge is 2.09. The molecule has 0 bridgehead atoms. The molecule has 0 aliphatic rings. The van der Waals surface area contributed by atoms with Gasteiger partial charge in [0.25, 0.3) is 0 Å². The van der Waals surface area contributed by atoms with Gasteiger partial charge in [-0.15, -0.1) is 0 Å². The minimum Gasteiger partial charge on any atom is -0.344 e. The van der Waals surface area contributed by atoms with Crippen molar-refractivity contribution in [3.63, 3.8) is 0 Å². The molecular weight excluding hydrogens is 1090 g/mol. The highest BCUT2D eigenvalue weighted by Crippen LogP contribution is 2.31. The molecule has 10 aromatic carbocycles. The molecule has 0 spiro atoms. The second kappa shape index (κ2) is 48.6. The van der Waals surface area contributed by atoms with Gasteiger partial charge in [-0.05, 0) is 116 Å². The number of rotatable bonds is 0. The fourth-order valence-corrected chi connectivity index (χ4v) is 9.10. The fourth-order valence-electron chi connectivity index (χ4n) is 9.10. The molecule has 4 nitrogen and oxygen atoms in total. The van der Waals surface area contributed by atoms with E-state index >= 15 is 0 Å². The van der Waals surface area contributed by atoms with Gasteiger partial charge < -0.3 is 9.13 Å². The summed E-state index contributed by atoms with van der Waals surface area (Å²) < 4.78 is 4.54. The molecule has 0 N–H and O–H groups in total. The van der Waals surface area contributed by atoms with Gasteiger partial charge in [-0.2, -0.15) is 0 Å². The quantitative estimate of drug-likeness (QED) is 0.152. The van der Waals surface area contributed by atoms with Crippen molar-refractivity contribution in [1.29, 1.82) is 0 Å². The topological polar surface area (TPSA) is 35.6 Å². The van der Waals surface area contributed by atoms with Crippen molar-refractivity contribution in [1.82, 2.24) is 19.1 Å². The van der Waals surface area contributed by atoms with Gasteiger partial charge in [-0.25, -0.2) is 0 Å². The zero-order chi connectivity index (χ0) is 66.9. The Hall–Kier alpha value is -9.38. The van der Waals surface area contributed by atoms with Crippen molar-refractivity contribution >= 4 is 65.2 Å². The van der Waals surface area contributed by atoms with E-state index in [4.69, 9.17) is 0 Å². The maximum absolute atomic E-state index is 4.17. The van der Waals surface area contributed by atoms with Crippen molar-refractivity contribution in [3.8, 4) is 0 Å². The molecule has 14 aromatic rings. The fraction of sp³-hybridized carbons (Fsp3) is 0.233. The number of para-hydroxylation sites is 3. The smallest absolute Gasteiger partial charge is 0.0518 e. The van der Waals surface area contributed by atoms with Crippen LogP contribution in [-0.4, -0.2) is 19.1 Å². The van der Waals surface area contributed by atoms with E-state index in [0.29, 0.717) is 0 Å². The van der Waals surface area contributed by atoms with E-state index in [1.807, 2.05) is 207 Å². The van der Waals surface area contributed by atoms with E-state index < -0.39 is 0 Å². The predicted molar refractivity (Wildman–Crippen MR) is 407 cm³/mol. The van der Waals surface area contributed by atoms with Crippen molar-refractivity contribution in [3.05, 3.63) is 325 Å². The molecule has 0 unspecified atom stereocenters. The molecule has 0 aliphatic heterocycles. The third-order valence-electron chi connectivity index (χ3n) is 13.2. The van der Waals surface area contributed by atoms with Gasteiger partial charge in [0.05, 0.1) is 5.52 Å². The zero-order valence-corrected chi connectivity index (χ0v) is 58.5. The first kappa shape index (κ1) is 78.6. The second-order valence-corrected chi connectivity index (χ2v) is 18.9. The molecule has 0 amide bonds. The van der Waals surface area contributed by atoms with Crippen LogP contribution < -0.4 is 0 Å². The van der Waals surface area contributed by atoms with Crippen molar-refractivity contribution in [2.45, 2.75) is 125 Å². The van der Waals surface area contributed by atoms with Crippen LogP contribution in [0.25, 0.3) is 65.2 Å². The summed E-state index contributed by atoms with van der Waals surface area (Å²) >= 11 is 0. The lowest BCUT2D eigenvalue weighted by Crippen LogP contribution is -1.88. The Kier molecular flexibility index (Phi) is 42.5. The molecule has 0 atom stereocenters. The number of hydrogen-bond donors (Lipinski definition) is 0. The van der Waals surface area contributed by atoms with Gasteiger partial charge in [0, 0.05) is 75.5 Å². The maximum Gasteiger partial charge on any atom is 0.0518 e. The predicted octanol–water partition coefficient (Wildman–Crippen LogP) is 25.9. The van der Waals surface area contributed by atoms with Crippen LogP contribution in [0.15, 0.2) is 291 Å². The lowest BCUT2D eigenvalue weighted by atomic mass is 10.1. The van der Waals surface area contributed by atoms with Gasteiger partial charge in [0.1, 0.15) is 0 Å². The lowest BCUT2D eigenvalue weighted by molar-refractivity contribution is 1.01. The Labute approximate surface area is 545 Å². The average Bonchev–Trinajstić information content (AvgIpc) is 1.66. The van der Waals surface area contributed by atoms with Crippen molar-refractivity contribution < 1.29 is 0 Å². The largest absolute Gasteiger partial charge is 0.344 e. The SMILES string of the molecule is CC.CC.CC.CC.CC.CC.Cc1cccc(C)n1.Cc1cccc2c1c1ccccc1n2C.Cc1cccc2c3ccccc3n(C)c12.Cc1cccnc1C.c1ccc2ccccc2c1.c1ccc2ccccc2c1.c1ccccc1.c1ccccc1. The molecule has 0 radical (unpaired) electrons. The molecule has 14 rings (SSSR count). The summed E-state index contributed by atoms with van der Waals surface area (Å²) in [5, 5.41) is 10.7. The summed E-state index contributed by atoms with van der Waals surface area (Å²) in [4.78, 5) is 8.25. The van der Waals surface area contributed by atoms with Crippen LogP contribution in [0.3, 0.4) is 0 Å². The van der Waals surface area contributed by atoms with E-state index in [-0.39, 0.29) is 0 Å². The third-order valence-corrected chi connectivity index (χ3v) is 13.2. The summed E-state index contributed by atoms with van der Waals surface area (Å²) in [5.41, 5.74) is 12.5. The number of aromatic nitrogens is 4. The Balaban J connectivity index is 0.000000511. The van der Waals surface area contributed by atoms with Crippen LogP contribution in [0.1, 0.15) is 117 Å². The second-order valence-electron chi connectivity index (χ2n) is 18.9. The van der Waals surface area contributed by atoms with E-state index in [1.54, 1.807) is 0 Å². The summed E-state index contributed by atoms with van der Waals surface area (Å²) in [6.45, 7) is 36.4. The molecule has 0 saturated heterocycles. The summed E-state index contributed by atoms with van der Waals surface area (Å²) in [6, 6.07) is 97.5. The first-order valence-electron chi connectivity index (χ1n) is 32.6. The Morgan fingerprint density at radius 2 is 0.544 bits per heavy atom. The van der Waals surface area contributed by atoms with Crippen molar-refractivity contribution in [2.24, 2.45) is 14.1 Å². The normalized spacial score (nSPS) is 9.11. The minimum absolute atomic E-state index is 1.09. The summed E-state index contributed by atoms with van der Waals surface area (Å²) in [6.07, 6.45) is 1.81. The molecule has 4 heterocycles. The van der Waals surface area contributed by atoms with Gasteiger partial charge in [-0.3, -0.25) is 9.97 Å². The number of nitrogens with zero attached hydrogens (tertiary/aromatic N) is 4. The molecular formula is C86H108N4. The van der Waals surface area contributed by atoms with Gasteiger partial charge in [-0.1, -0.05) is 332 Å². The molecule has 90 heavy (non-hydrogen) atoms. The van der Waals surface area contributed by atoms with E-state index in [9.17, 15) is 0 Å². The lowest BCUT2D eigenvalue weighted by Gasteiger charge is -2.00. The number of hydrogen-bond acceptors (Lipinski definition) is 2. The highest BCUT2D eigenvalue weighted by molar-refractivity contribution is 6.10. The summed E-state index contributed by atoms with van der Waals surface area (Å²) in [7, 11) is 4.27. The van der Waals surface area contributed by atoms with Crippen LogP contribution in [0.5, 0.6) is 0 Å².